The second kappa shape index (κ2) is 12.2. The van der Waals surface area contributed by atoms with E-state index >= 15 is 0 Å². The Morgan fingerprint density at radius 3 is 2.21 bits per heavy atom. The first-order chi connectivity index (χ1) is 16.0. The van der Waals surface area contributed by atoms with Crippen LogP contribution in [0, 0.1) is 0 Å². The molecule has 186 valence electrons. The van der Waals surface area contributed by atoms with Gasteiger partial charge in [0.2, 0.25) is 21.8 Å². The quantitative estimate of drug-likeness (QED) is 0.494. The third kappa shape index (κ3) is 7.46. The Morgan fingerprint density at radius 2 is 1.65 bits per heavy atom. The molecule has 1 N–H and O–H groups in total. The van der Waals surface area contributed by atoms with E-state index in [0.717, 1.165) is 28.1 Å². The summed E-state index contributed by atoms with van der Waals surface area (Å²) < 4.78 is 26.7. The summed E-state index contributed by atoms with van der Waals surface area (Å²) in [6.07, 6.45) is 1.84. The van der Waals surface area contributed by atoms with Gasteiger partial charge in [-0.25, -0.2) is 8.42 Å². The van der Waals surface area contributed by atoms with Gasteiger partial charge >= 0.3 is 0 Å². The molecule has 2 aromatic rings. The third-order valence-corrected chi connectivity index (χ3v) is 6.87. The van der Waals surface area contributed by atoms with Crippen molar-refractivity contribution >= 4 is 39.1 Å². The van der Waals surface area contributed by atoms with Crippen LogP contribution in [0.4, 0.5) is 5.69 Å². The molecule has 0 radical (unpaired) electrons. The first-order valence-corrected chi connectivity index (χ1v) is 13.6. The lowest BCUT2D eigenvalue weighted by Crippen LogP contribution is -2.51. The van der Waals surface area contributed by atoms with Crippen molar-refractivity contribution in [3.63, 3.8) is 0 Å². The molecule has 0 heterocycles. The molecule has 0 aromatic heterocycles. The van der Waals surface area contributed by atoms with Crippen LogP contribution in [0.25, 0.3) is 0 Å². The first-order valence-electron chi connectivity index (χ1n) is 11.3. The van der Waals surface area contributed by atoms with Gasteiger partial charge in [-0.3, -0.25) is 13.9 Å². The molecule has 1 atom stereocenters. The average Bonchev–Trinajstić information content (AvgIpc) is 2.79. The molecule has 0 fully saturated rings. The van der Waals surface area contributed by atoms with Crippen LogP contribution in [0.5, 0.6) is 0 Å². The molecular weight excluding hydrogens is 474 g/mol. The number of para-hydroxylation sites is 1. The Labute approximate surface area is 208 Å². The lowest BCUT2D eigenvalue weighted by atomic mass is 10.0. The maximum absolute atomic E-state index is 13.6. The highest BCUT2D eigenvalue weighted by Gasteiger charge is 2.30. The third-order valence-electron chi connectivity index (χ3n) is 5.49. The zero-order valence-corrected chi connectivity index (χ0v) is 22.0. The lowest BCUT2D eigenvalue weighted by molar-refractivity contribution is -0.139. The Kier molecular flexibility index (Phi) is 9.94. The minimum absolute atomic E-state index is 0.0551. The van der Waals surface area contributed by atoms with Crippen LogP contribution in [-0.2, 0) is 26.2 Å². The summed E-state index contributed by atoms with van der Waals surface area (Å²) in [5, 5.41) is 3.38. The van der Waals surface area contributed by atoms with E-state index < -0.39 is 28.5 Å². The molecule has 0 aliphatic carbocycles. The van der Waals surface area contributed by atoms with Gasteiger partial charge in [-0.15, -0.1) is 0 Å². The van der Waals surface area contributed by atoms with Crippen molar-refractivity contribution in [3.05, 3.63) is 64.7 Å². The fourth-order valence-electron chi connectivity index (χ4n) is 3.56. The molecule has 2 amide bonds. The van der Waals surface area contributed by atoms with Crippen molar-refractivity contribution < 1.29 is 18.0 Å². The van der Waals surface area contributed by atoms with Gasteiger partial charge in [-0.05, 0) is 48.6 Å². The van der Waals surface area contributed by atoms with E-state index in [-0.39, 0.29) is 18.4 Å². The molecule has 1 unspecified atom stereocenters. The molecular formula is C25H34ClN3O4S. The molecule has 7 nitrogen and oxygen atoms in total. The van der Waals surface area contributed by atoms with Gasteiger partial charge in [0.1, 0.15) is 12.6 Å². The van der Waals surface area contributed by atoms with Crippen molar-refractivity contribution in [1.82, 2.24) is 10.2 Å². The number of halogens is 1. The summed E-state index contributed by atoms with van der Waals surface area (Å²) in [5.74, 6) is -0.713. The van der Waals surface area contributed by atoms with Gasteiger partial charge in [0, 0.05) is 18.1 Å². The number of hydrogen-bond donors (Lipinski definition) is 1. The fourth-order valence-corrected chi connectivity index (χ4v) is 4.56. The summed E-state index contributed by atoms with van der Waals surface area (Å²) in [6.45, 7) is 7.73. The number of carbonyl (C=O) groups is 2. The van der Waals surface area contributed by atoms with Crippen LogP contribution >= 0.6 is 11.6 Å². The van der Waals surface area contributed by atoms with Crippen LogP contribution < -0.4 is 9.62 Å². The molecule has 0 spiro atoms. The maximum Gasteiger partial charge on any atom is 0.244 e. The number of rotatable bonds is 11. The van der Waals surface area contributed by atoms with Crippen molar-refractivity contribution in [1.29, 1.82) is 0 Å². The highest BCUT2D eigenvalue weighted by molar-refractivity contribution is 7.92. The zero-order chi connectivity index (χ0) is 25.5. The van der Waals surface area contributed by atoms with Gasteiger partial charge in [0.15, 0.2) is 0 Å². The minimum atomic E-state index is -3.77. The van der Waals surface area contributed by atoms with Crippen LogP contribution in [-0.4, -0.2) is 50.5 Å². The highest BCUT2D eigenvalue weighted by Crippen LogP contribution is 2.29. The summed E-state index contributed by atoms with van der Waals surface area (Å²) in [6, 6.07) is 13.3. The second-order valence-corrected chi connectivity index (χ2v) is 10.9. The molecule has 0 aliphatic heterocycles. The van der Waals surface area contributed by atoms with Gasteiger partial charge in [-0.1, -0.05) is 62.7 Å². The Bertz CT molecular complexity index is 1090. The van der Waals surface area contributed by atoms with Crippen molar-refractivity contribution in [2.75, 3.05) is 23.7 Å². The van der Waals surface area contributed by atoms with E-state index in [9.17, 15) is 18.0 Å². The van der Waals surface area contributed by atoms with Crippen molar-refractivity contribution in [3.8, 4) is 0 Å². The highest BCUT2D eigenvalue weighted by atomic mass is 35.5. The molecule has 0 saturated carbocycles. The number of carbonyl (C=O) groups excluding carboxylic acids is 2. The van der Waals surface area contributed by atoms with Gasteiger partial charge in [-0.2, -0.15) is 0 Å². The maximum atomic E-state index is 13.6. The van der Waals surface area contributed by atoms with Crippen molar-refractivity contribution in [2.45, 2.75) is 52.6 Å². The number of benzene rings is 2. The normalized spacial score (nSPS) is 12.3. The second-order valence-electron chi connectivity index (χ2n) is 8.60. The van der Waals surface area contributed by atoms with E-state index in [4.69, 9.17) is 11.6 Å². The predicted octanol–water partition coefficient (Wildman–Crippen LogP) is 4.17. The van der Waals surface area contributed by atoms with Gasteiger partial charge in [0.05, 0.1) is 11.9 Å². The number of anilines is 1. The van der Waals surface area contributed by atoms with Gasteiger partial charge in [0.25, 0.3) is 0 Å². The minimum Gasteiger partial charge on any atom is -0.354 e. The smallest absolute Gasteiger partial charge is 0.244 e. The first kappa shape index (κ1) is 27.7. The van der Waals surface area contributed by atoms with Crippen LogP contribution in [0.2, 0.25) is 5.02 Å². The molecule has 2 rings (SSSR count). The molecule has 2 aromatic carbocycles. The standard InChI is InChI=1S/C25H34ClN3O4S/c1-6-15-27-25(31)19(4)28(16-20-11-13-21(26)14-12-20)24(30)17-29(34(5,32)33)23-10-8-7-9-22(23)18(2)3/h7-14,18-19H,6,15-17H2,1-5H3,(H,27,31). The molecule has 34 heavy (non-hydrogen) atoms. The number of amides is 2. The Morgan fingerprint density at radius 1 is 1.03 bits per heavy atom. The SMILES string of the molecule is CCCNC(=O)C(C)N(Cc1ccc(Cl)cc1)C(=O)CN(c1ccccc1C(C)C)S(C)(=O)=O. The summed E-state index contributed by atoms with van der Waals surface area (Å²) in [7, 11) is -3.77. The largest absolute Gasteiger partial charge is 0.354 e. The Hall–Kier alpha value is -2.58. The number of sulfonamides is 1. The van der Waals surface area contributed by atoms with Crippen LogP contribution in [0.3, 0.4) is 0 Å². The Balaban J connectivity index is 2.43. The van der Waals surface area contributed by atoms with Crippen LogP contribution in [0.1, 0.15) is 51.2 Å². The molecule has 0 saturated heterocycles. The molecule has 0 bridgehead atoms. The molecule has 0 aliphatic rings. The zero-order valence-electron chi connectivity index (χ0n) is 20.4. The summed E-state index contributed by atoms with van der Waals surface area (Å²) >= 11 is 5.99. The van der Waals surface area contributed by atoms with E-state index in [0.29, 0.717) is 17.3 Å². The topological polar surface area (TPSA) is 86.8 Å². The predicted molar refractivity (Wildman–Crippen MR) is 137 cm³/mol. The fraction of sp³-hybridized carbons (Fsp3) is 0.440. The van der Waals surface area contributed by atoms with E-state index in [1.807, 2.05) is 32.9 Å². The number of hydrogen-bond acceptors (Lipinski definition) is 4. The average molecular weight is 508 g/mol. The monoisotopic (exact) mass is 507 g/mol. The summed E-state index contributed by atoms with van der Waals surface area (Å²) in [4.78, 5) is 27.7. The van der Waals surface area contributed by atoms with Crippen LogP contribution in [0.15, 0.2) is 48.5 Å². The van der Waals surface area contributed by atoms with E-state index in [1.165, 1.54) is 4.90 Å². The van der Waals surface area contributed by atoms with Gasteiger partial charge < -0.3 is 10.2 Å². The molecule has 9 heteroatoms. The van der Waals surface area contributed by atoms with Crippen molar-refractivity contribution in [2.24, 2.45) is 0 Å². The number of nitrogens with one attached hydrogen (secondary N) is 1. The van der Waals surface area contributed by atoms with E-state index in [1.54, 1.807) is 43.3 Å². The van der Waals surface area contributed by atoms with E-state index in [2.05, 4.69) is 5.32 Å². The lowest BCUT2D eigenvalue weighted by Gasteiger charge is -2.32. The number of nitrogens with zero attached hydrogens (tertiary/aromatic N) is 2. The summed E-state index contributed by atoms with van der Waals surface area (Å²) in [5.41, 5.74) is 2.06.